The Labute approximate surface area is 165 Å². The lowest BCUT2D eigenvalue weighted by molar-refractivity contribution is -0.137. The van der Waals surface area contributed by atoms with Crippen LogP contribution >= 0.6 is 0 Å². The molecule has 1 N–H and O–H groups in total. The summed E-state index contributed by atoms with van der Waals surface area (Å²) in [6.07, 6.45) is 0.308. The summed E-state index contributed by atoms with van der Waals surface area (Å²) in [5.41, 5.74) is 2.69. The molecule has 0 atom stereocenters. The van der Waals surface area contributed by atoms with Crippen LogP contribution in [-0.2, 0) is 25.7 Å². The highest BCUT2D eigenvalue weighted by Gasteiger charge is 2.30. The molecule has 0 spiro atoms. The zero-order valence-corrected chi connectivity index (χ0v) is 15.4. The monoisotopic (exact) mass is 401 g/mol. The maximum atomic E-state index is 12.8. The Morgan fingerprint density at radius 1 is 1.10 bits per heavy atom. The molecule has 0 bridgehead atoms. The molecule has 0 radical (unpaired) electrons. The summed E-state index contributed by atoms with van der Waals surface area (Å²) in [5.74, 6) is -0.291. The minimum Gasteiger partial charge on any atom is -0.471 e. The van der Waals surface area contributed by atoms with Gasteiger partial charge in [-0.05, 0) is 66.8 Å². The van der Waals surface area contributed by atoms with Crippen molar-refractivity contribution < 1.29 is 22.7 Å². The van der Waals surface area contributed by atoms with Gasteiger partial charge in [0.2, 0.25) is 0 Å². The first-order valence-corrected chi connectivity index (χ1v) is 9.15. The third-order valence-electron chi connectivity index (χ3n) is 4.75. The second-order valence-corrected chi connectivity index (χ2v) is 6.83. The third-order valence-corrected chi connectivity index (χ3v) is 4.75. The van der Waals surface area contributed by atoms with E-state index < -0.39 is 11.7 Å². The minimum absolute atomic E-state index is 0.0690. The molecule has 29 heavy (non-hydrogen) atoms. The minimum atomic E-state index is -4.44. The smallest absolute Gasteiger partial charge is 0.416 e. The lowest BCUT2D eigenvalue weighted by atomic mass is 10.1. The third kappa shape index (κ3) is 4.42. The molecule has 1 amide bonds. The van der Waals surface area contributed by atoms with Crippen LogP contribution in [0.5, 0.6) is 5.75 Å². The fraction of sp³-hybridized carbons (Fsp3) is 0.238. The zero-order chi connectivity index (χ0) is 20.4. The summed E-state index contributed by atoms with van der Waals surface area (Å²) in [6.45, 7) is -0.118. The number of carbonyl (C=O) groups excluding carboxylic acids is 1. The quantitative estimate of drug-likeness (QED) is 0.676. The summed E-state index contributed by atoms with van der Waals surface area (Å²) in [5, 5.41) is 6.94. The normalized spacial score (nSPS) is 13.2. The number of nitrogens with zero attached hydrogens (tertiary/aromatic N) is 2. The van der Waals surface area contributed by atoms with Gasteiger partial charge in [0.05, 0.1) is 5.56 Å². The molecule has 2 aromatic carbocycles. The molecule has 0 saturated carbocycles. The SMILES string of the molecule is O=C(Nc1ccc2c(c1)CCC2)c1ccn(COc2cccc(C(F)(F)F)c2)n1. The summed E-state index contributed by atoms with van der Waals surface area (Å²) >= 11 is 0. The van der Waals surface area contributed by atoms with Crippen molar-refractivity contribution in [1.29, 1.82) is 0 Å². The molecule has 3 aromatic rings. The maximum Gasteiger partial charge on any atom is 0.416 e. The van der Waals surface area contributed by atoms with Gasteiger partial charge in [-0.15, -0.1) is 0 Å². The topological polar surface area (TPSA) is 56.2 Å². The van der Waals surface area contributed by atoms with E-state index in [4.69, 9.17) is 4.74 Å². The number of benzene rings is 2. The Hall–Kier alpha value is -3.29. The number of anilines is 1. The number of nitrogens with one attached hydrogen (secondary N) is 1. The predicted molar refractivity (Wildman–Crippen MR) is 101 cm³/mol. The van der Waals surface area contributed by atoms with Crippen LogP contribution in [0.25, 0.3) is 0 Å². The molecule has 0 saturated heterocycles. The molecule has 8 heteroatoms. The fourth-order valence-electron chi connectivity index (χ4n) is 3.30. The first-order chi connectivity index (χ1) is 13.9. The number of halogens is 3. The first-order valence-electron chi connectivity index (χ1n) is 9.15. The van der Waals surface area contributed by atoms with Gasteiger partial charge in [-0.1, -0.05) is 12.1 Å². The Morgan fingerprint density at radius 2 is 1.93 bits per heavy atom. The average molecular weight is 401 g/mol. The molecule has 1 aromatic heterocycles. The van der Waals surface area contributed by atoms with Gasteiger partial charge in [-0.25, -0.2) is 4.68 Å². The van der Waals surface area contributed by atoms with Crippen molar-refractivity contribution in [2.45, 2.75) is 32.2 Å². The largest absolute Gasteiger partial charge is 0.471 e. The number of carbonyl (C=O) groups is 1. The Balaban J connectivity index is 1.37. The molecule has 0 unspecified atom stereocenters. The van der Waals surface area contributed by atoms with E-state index in [0.717, 1.165) is 31.4 Å². The van der Waals surface area contributed by atoms with Gasteiger partial charge in [0.25, 0.3) is 5.91 Å². The van der Waals surface area contributed by atoms with E-state index in [1.807, 2.05) is 18.2 Å². The first kappa shape index (κ1) is 19.0. The van der Waals surface area contributed by atoms with Crippen LogP contribution in [0.4, 0.5) is 18.9 Å². The maximum absolute atomic E-state index is 12.8. The van der Waals surface area contributed by atoms with Crippen molar-refractivity contribution in [3.8, 4) is 5.75 Å². The van der Waals surface area contributed by atoms with E-state index in [1.165, 1.54) is 40.2 Å². The highest BCUT2D eigenvalue weighted by molar-refractivity contribution is 6.02. The van der Waals surface area contributed by atoms with E-state index in [1.54, 1.807) is 0 Å². The molecule has 4 rings (SSSR count). The second-order valence-electron chi connectivity index (χ2n) is 6.83. The van der Waals surface area contributed by atoms with Gasteiger partial charge < -0.3 is 10.1 Å². The number of aryl methyl sites for hydroxylation is 2. The van der Waals surface area contributed by atoms with Gasteiger partial charge in [0, 0.05) is 11.9 Å². The van der Waals surface area contributed by atoms with Gasteiger partial charge in [0.15, 0.2) is 12.4 Å². The van der Waals surface area contributed by atoms with Gasteiger partial charge in [-0.2, -0.15) is 18.3 Å². The van der Waals surface area contributed by atoms with Crippen LogP contribution in [0, 0.1) is 0 Å². The average Bonchev–Trinajstić information content (AvgIpc) is 3.35. The highest BCUT2D eigenvalue weighted by Crippen LogP contribution is 2.31. The van der Waals surface area contributed by atoms with E-state index >= 15 is 0 Å². The molecule has 1 aliphatic rings. The number of aromatic nitrogens is 2. The molecule has 150 valence electrons. The highest BCUT2D eigenvalue weighted by atomic mass is 19.4. The van der Waals surface area contributed by atoms with Crippen molar-refractivity contribution in [3.05, 3.63) is 77.1 Å². The number of ether oxygens (including phenoxy) is 1. The van der Waals surface area contributed by atoms with Gasteiger partial charge in [-0.3, -0.25) is 4.79 Å². The molecule has 1 aliphatic carbocycles. The lowest BCUT2D eigenvalue weighted by Crippen LogP contribution is -2.14. The predicted octanol–water partition coefficient (Wildman–Crippen LogP) is 4.68. The zero-order valence-electron chi connectivity index (χ0n) is 15.4. The Bertz CT molecular complexity index is 1040. The van der Waals surface area contributed by atoms with Crippen molar-refractivity contribution in [2.24, 2.45) is 0 Å². The number of amides is 1. The number of rotatable bonds is 5. The standard InChI is InChI=1S/C21H18F3N3O2/c22-21(23,24)16-5-2-6-18(12-16)29-13-27-10-9-19(26-27)20(28)25-17-8-7-14-3-1-4-15(14)11-17/h2,5-12H,1,3-4,13H2,(H,25,28). The summed E-state index contributed by atoms with van der Waals surface area (Å²) in [6, 6.07) is 12.0. The van der Waals surface area contributed by atoms with Crippen molar-refractivity contribution in [2.75, 3.05) is 5.32 Å². The van der Waals surface area contributed by atoms with Crippen LogP contribution < -0.4 is 10.1 Å². The summed E-state index contributed by atoms with van der Waals surface area (Å²) < 4.78 is 45.0. The van der Waals surface area contributed by atoms with Crippen LogP contribution in [0.3, 0.4) is 0 Å². The molecule has 5 nitrogen and oxygen atoms in total. The van der Waals surface area contributed by atoms with E-state index in [9.17, 15) is 18.0 Å². The number of hydrogen-bond acceptors (Lipinski definition) is 3. The number of fused-ring (bicyclic) bond motifs is 1. The number of hydrogen-bond donors (Lipinski definition) is 1. The Kier molecular flexibility index (Phi) is 5.00. The van der Waals surface area contributed by atoms with Crippen LogP contribution in [0.2, 0.25) is 0 Å². The van der Waals surface area contributed by atoms with Crippen molar-refractivity contribution in [1.82, 2.24) is 9.78 Å². The molecule has 1 heterocycles. The fourth-order valence-corrected chi connectivity index (χ4v) is 3.30. The lowest BCUT2D eigenvalue weighted by Gasteiger charge is -2.10. The van der Waals surface area contributed by atoms with E-state index in [0.29, 0.717) is 5.69 Å². The molecular weight excluding hydrogens is 383 g/mol. The van der Waals surface area contributed by atoms with Crippen LogP contribution in [0.1, 0.15) is 33.6 Å². The Morgan fingerprint density at radius 3 is 2.76 bits per heavy atom. The molecule has 0 fully saturated rings. The number of alkyl halides is 3. The van der Waals surface area contributed by atoms with Gasteiger partial charge >= 0.3 is 6.18 Å². The van der Waals surface area contributed by atoms with Gasteiger partial charge in [0.1, 0.15) is 5.75 Å². The second kappa shape index (κ2) is 7.62. The van der Waals surface area contributed by atoms with Crippen LogP contribution in [0.15, 0.2) is 54.7 Å². The summed E-state index contributed by atoms with van der Waals surface area (Å²) in [4.78, 5) is 12.4. The van der Waals surface area contributed by atoms with Crippen molar-refractivity contribution in [3.63, 3.8) is 0 Å². The van der Waals surface area contributed by atoms with Crippen molar-refractivity contribution >= 4 is 11.6 Å². The van der Waals surface area contributed by atoms with E-state index in [-0.39, 0.29) is 24.1 Å². The molecule has 0 aliphatic heterocycles. The van der Waals surface area contributed by atoms with Crippen LogP contribution in [-0.4, -0.2) is 15.7 Å². The van der Waals surface area contributed by atoms with E-state index in [2.05, 4.69) is 10.4 Å². The summed E-state index contributed by atoms with van der Waals surface area (Å²) in [7, 11) is 0. The molecular formula is C21H18F3N3O2.